The van der Waals surface area contributed by atoms with Crippen LogP contribution in [-0.4, -0.2) is 18.6 Å². The molecule has 0 atom stereocenters. The number of aromatic amines is 1. The fourth-order valence-electron chi connectivity index (χ4n) is 1.71. The van der Waals surface area contributed by atoms with Crippen LogP contribution in [0.15, 0.2) is 24.3 Å². The first-order valence-electron chi connectivity index (χ1n) is 5.22. The maximum absolute atomic E-state index is 5.45. The monoisotopic (exact) mass is 204 g/mol. The molecule has 1 aromatic carbocycles. The van der Waals surface area contributed by atoms with E-state index in [0.29, 0.717) is 6.61 Å². The zero-order chi connectivity index (χ0) is 10.7. The van der Waals surface area contributed by atoms with Gasteiger partial charge in [-0.2, -0.15) is 0 Å². The molecule has 0 unspecified atom stereocenters. The molecular weight excluding hydrogens is 188 g/mol. The third-order valence-electron chi connectivity index (χ3n) is 2.33. The minimum atomic E-state index is 0.704. The molecule has 0 aliphatic carbocycles. The van der Waals surface area contributed by atoms with Gasteiger partial charge in [0.2, 0.25) is 0 Å². The first-order chi connectivity index (χ1) is 7.33. The molecule has 3 heteroatoms. The number of fused-ring (bicyclic) bond motifs is 1. The van der Waals surface area contributed by atoms with Gasteiger partial charge in [0, 0.05) is 23.8 Å². The Kier molecular flexibility index (Phi) is 2.92. The molecule has 0 saturated heterocycles. The Morgan fingerprint density at radius 1 is 1.33 bits per heavy atom. The number of nitrogens with one attached hydrogen (secondary N) is 2. The number of ether oxygens (including phenoxy) is 1. The smallest absolute Gasteiger partial charge is 0.121 e. The van der Waals surface area contributed by atoms with Crippen molar-refractivity contribution in [2.45, 2.75) is 13.5 Å². The lowest BCUT2D eigenvalue weighted by atomic mass is 10.2. The zero-order valence-corrected chi connectivity index (χ0v) is 9.13. The van der Waals surface area contributed by atoms with Crippen LogP contribution < -0.4 is 10.1 Å². The van der Waals surface area contributed by atoms with Crippen LogP contribution in [0.25, 0.3) is 10.9 Å². The van der Waals surface area contributed by atoms with E-state index in [9.17, 15) is 0 Å². The summed E-state index contributed by atoms with van der Waals surface area (Å²) in [6, 6.07) is 8.28. The molecule has 2 aromatic rings. The largest absolute Gasteiger partial charge is 0.494 e. The van der Waals surface area contributed by atoms with Crippen LogP contribution >= 0.6 is 0 Å². The lowest BCUT2D eigenvalue weighted by Crippen LogP contribution is -2.04. The highest BCUT2D eigenvalue weighted by molar-refractivity contribution is 5.81. The van der Waals surface area contributed by atoms with E-state index >= 15 is 0 Å². The second kappa shape index (κ2) is 4.36. The minimum Gasteiger partial charge on any atom is -0.494 e. The topological polar surface area (TPSA) is 37.0 Å². The van der Waals surface area contributed by atoms with E-state index in [2.05, 4.69) is 22.4 Å². The molecule has 0 fully saturated rings. The van der Waals surface area contributed by atoms with E-state index in [0.717, 1.165) is 17.8 Å². The summed E-state index contributed by atoms with van der Waals surface area (Å²) in [5, 5.41) is 4.35. The summed E-state index contributed by atoms with van der Waals surface area (Å²) in [4.78, 5) is 3.35. The van der Waals surface area contributed by atoms with E-state index < -0.39 is 0 Å². The minimum absolute atomic E-state index is 0.704. The summed E-state index contributed by atoms with van der Waals surface area (Å²) in [5.74, 6) is 0.919. The normalized spacial score (nSPS) is 10.8. The Balaban J connectivity index is 2.34. The van der Waals surface area contributed by atoms with Crippen LogP contribution in [0.1, 0.15) is 12.6 Å². The van der Waals surface area contributed by atoms with Crippen molar-refractivity contribution in [2.24, 2.45) is 0 Å². The summed E-state index contributed by atoms with van der Waals surface area (Å²) < 4.78 is 5.45. The van der Waals surface area contributed by atoms with Crippen LogP contribution in [0.5, 0.6) is 5.75 Å². The second-order valence-corrected chi connectivity index (χ2v) is 3.51. The Morgan fingerprint density at radius 2 is 2.20 bits per heavy atom. The Bertz CT molecular complexity index is 444. The van der Waals surface area contributed by atoms with Crippen LogP contribution in [-0.2, 0) is 6.54 Å². The van der Waals surface area contributed by atoms with Gasteiger partial charge in [-0.25, -0.2) is 0 Å². The van der Waals surface area contributed by atoms with Crippen molar-refractivity contribution in [1.82, 2.24) is 10.3 Å². The molecule has 0 amide bonds. The molecule has 0 aliphatic heterocycles. The van der Waals surface area contributed by atoms with E-state index in [1.165, 1.54) is 11.1 Å². The fraction of sp³-hybridized carbons (Fsp3) is 0.333. The maximum atomic E-state index is 5.45. The molecule has 15 heavy (non-hydrogen) atoms. The van der Waals surface area contributed by atoms with Gasteiger partial charge in [0.15, 0.2) is 0 Å². The molecule has 1 aromatic heterocycles. The number of hydrogen-bond acceptors (Lipinski definition) is 2. The molecule has 2 N–H and O–H groups in total. The highest BCUT2D eigenvalue weighted by Gasteiger charge is 2.01. The highest BCUT2D eigenvalue weighted by atomic mass is 16.5. The standard InChI is InChI=1S/C12H16N2O/c1-3-15-11-5-4-9-6-10(8-13-2)14-12(9)7-11/h4-7,13-14H,3,8H2,1-2H3. The lowest BCUT2D eigenvalue weighted by molar-refractivity contribution is 0.340. The quantitative estimate of drug-likeness (QED) is 0.801. The van der Waals surface area contributed by atoms with Crippen molar-refractivity contribution in [3.8, 4) is 5.75 Å². The summed E-state index contributed by atoms with van der Waals surface area (Å²) in [5.41, 5.74) is 2.33. The molecule has 0 bridgehead atoms. The zero-order valence-electron chi connectivity index (χ0n) is 9.13. The average Bonchev–Trinajstić information content (AvgIpc) is 2.60. The number of rotatable bonds is 4. The maximum Gasteiger partial charge on any atom is 0.121 e. The van der Waals surface area contributed by atoms with Crippen LogP contribution in [0, 0.1) is 0 Å². The van der Waals surface area contributed by atoms with E-state index in [4.69, 9.17) is 4.74 Å². The number of benzene rings is 1. The summed E-state index contributed by atoms with van der Waals surface area (Å²) in [6.45, 7) is 3.56. The van der Waals surface area contributed by atoms with Gasteiger partial charge in [-0.15, -0.1) is 0 Å². The Morgan fingerprint density at radius 3 is 2.93 bits per heavy atom. The van der Waals surface area contributed by atoms with Crippen molar-refractivity contribution >= 4 is 10.9 Å². The van der Waals surface area contributed by atoms with Gasteiger partial charge in [-0.3, -0.25) is 0 Å². The van der Waals surface area contributed by atoms with Crippen LogP contribution in [0.2, 0.25) is 0 Å². The molecule has 1 heterocycles. The van der Waals surface area contributed by atoms with Gasteiger partial charge in [-0.05, 0) is 37.6 Å². The molecule has 2 rings (SSSR count). The first kappa shape index (κ1) is 10.1. The molecule has 0 saturated carbocycles. The Labute approximate surface area is 89.4 Å². The van der Waals surface area contributed by atoms with Crippen molar-refractivity contribution in [3.05, 3.63) is 30.0 Å². The van der Waals surface area contributed by atoms with Gasteiger partial charge in [0.05, 0.1) is 6.61 Å². The van der Waals surface area contributed by atoms with Crippen molar-refractivity contribution in [3.63, 3.8) is 0 Å². The Hall–Kier alpha value is -1.48. The molecule has 0 radical (unpaired) electrons. The second-order valence-electron chi connectivity index (χ2n) is 3.51. The third-order valence-corrected chi connectivity index (χ3v) is 2.33. The van der Waals surface area contributed by atoms with Gasteiger partial charge >= 0.3 is 0 Å². The highest BCUT2D eigenvalue weighted by Crippen LogP contribution is 2.21. The fourth-order valence-corrected chi connectivity index (χ4v) is 1.71. The van der Waals surface area contributed by atoms with Gasteiger partial charge in [0.1, 0.15) is 5.75 Å². The van der Waals surface area contributed by atoms with Crippen LogP contribution in [0.4, 0.5) is 0 Å². The van der Waals surface area contributed by atoms with E-state index in [1.54, 1.807) is 0 Å². The van der Waals surface area contributed by atoms with Crippen molar-refractivity contribution < 1.29 is 4.74 Å². The summed E-state index contributed by atoms with van der Waals surface area (Å²) in [6.07, 6.45) is 0. The van der Waals surface area contributed by atoms with E-state index in [1.807, 2.05) is 26.1 Å². The molecule has 3 nitrogen and oxygen atoms in total. The van der Waals surface area contributed by atoms with Gasteiger partial charge in [0.25, 0.3) is 0 Å². The first-order valence-corrected chi connectivity index (χ1v) is 5.22. The summed E-state index contributed by atoms with van der Waals surface area (Å²) >= 11 is 0. The number of hydrogen-bond donors (Lipinski definition) is 2. The third kappa shape index (κ3) is 2.13. The molecule has 80 valence electrons. The predicted molar refractivity (Wildman–Crippen MR) is 62.2 cm³/mol. The van der Waals surface area contributed by atoms with Crippen molar-refractivity contribution in [2.75, 3.05) is 13.7 Å². The van der Waals surface area contributed by atoms with Crippen molar-refractivity contribution in [1.29, 1.82) is 0 Å². The van der Waals surface area contributed by atoms with Gasteiger partial charge in [-0.1, -0.05) is 0 Å². The molecule has 0 spiro atoms. The molecule has 0 aliphatic rings. The van der Waals surface area contributed by atoms with Crippen LogP contribution in [0.3, 0.4) is 0 Å². The predicted octanol–water partition coefficient (Wildman–Crippen LogP) is 2.29. The lowest BCUT2D eigenvalue weighted by Gasteiger charge is -2.01. The number of aromatic nitrogens is 1. The van der Waals surface area contributed by atoms with E-state index in [-0.39, 0.29) is 0 Å². The van der Waals surface area contributed by atoms with Gasteiger partial charge < -0.3 is 15.0 Å². The molecular formula is C12H16N2O. The average molecular weight is 204 g/mol. The number of H-pyrrole nitrogens is 1. The summed E-state index contributed by atoms with van der Waals surface area (Å²) in [7, 11) is 1.94. The SMILES string of the molecule is CCOc1ccc2cc(CNC)[nH]c2c1.